The monoisotopic (exact) mass is 192 g/mol. The van der Waals surface area contributed by atoms with Crippen LogP contribution in [-0.2, 0) is 9.59 Å². The molecule has 0 aromatic heterocycles. The molecule has 0 N–H and O–H groups in total. The molecule has 0 bridgehead atoms. The highest BCUT2D eigenvalue weighted by atomic mass is 16.1. The summed E-state index contributed by atoms with van der Waals surface area (Å²) in [7, 11) is 0. The van der Waals surface area contributed by atoms with E-state index in [9.17, 15) is 9.59 Å². The molecule has 1 aliphatic rings. The highest BCUT2D eigenvalue weighted by Gasteiger charge is 2.54. The molecule has 76 valence electrons. The Bertz CT molecular complexity index is 323. The molecule has 2 heteroatoms. The molecule has 0 aliphatic heterocycles. The van der Waals surface area contributed by atoms with Crippen LogP contribution in [0.3, 0.4) is 0 Å². The molecular formula is C12H16O2. The number of aldehydes is 1. The van der Waals surface area contributed by atoms with Gasteiger partial charge in [-0.3, -0.25) is 4.79 Å². The lowest BCUT2D eigenvalue weighted by Gasteiger charge is -2.36. The van der Waals surface area contributed by atoms with Gasteiger partial charge in [0.05, 0.1) is 0 Å². The first kappa shape index (κ1) is 10.9. The van der Waals surface area contributed by atoms with Crippen LogP contribution < -0.4 is 0 Å². The lowest BCUT2D eigenvalue weighted by Crippen LogP contribution is -2.41. The third-order valence-electron chi connectivity index (χ3n) is 3.56. The third kappa shape index (κ3) is 1.10. The van der Waals surface area contributed by atoms with Crippen LogP contribution in [0.5, 0.6) is 0 Å². The Balaban J connectivity index is 3.27. The molecule has 0 saturated heterocycles. The Morgan fingerprint density at radius 2 is 2.07 bits per heavy atom. The molecule has 0 radical (unpaired) electrons. The van der Waals surface area contributed by atoms with Crippen molar-refractivity contribution in [3.63, 3.8) is 0 Å². The van der Waals surface area contributed by atoms with Crippen LogP contribution in [-0.4, -0.2) is 12.1 Å². The van der Waals surface area contributed by atoms with Crippen LogP contribution in [0.2, 0.25) is 0 Å². The molecule has 2 nitrogen and oxygen atoms in total. The van der Waals surface area contributed by atoms with Crippen molar-refractivity contribution in [3.8, 4) is 0 Å². The average molecular weight is 192 g/mol. The fourth-order valence-corrected chi connectivity index (χ4v) is 2.00. The fraction of sp³-hybridized carbons (Fsp3) is 0.500. The van der Waals surface area contributed by atoms with Gasteiger partial charge in [-0.15, -0.1) is 6.58 Å². The van der Waals surface area contributed by atoms with E-state index in [0.29, 0.717) is 6.42 Å². The van der Waals surface area contributed by atoms with Crippen LogP contribution in [0.1, 0.15) is 27.2 Å². The largest absolute Gasteiger partial charge is 0.302 e. The van der Waals surface area contributed by atoms with Crippen molar-refractivity contribution in [2.75, 3.05) is 0 Å². The van der Waals surface area contributed by atoms with Crippen molar-refractivity contribution in [1.82, 2.24) is 0 Å². The first-order valence-corrected chi connectivity index (χ1v) is 4.73. The Morgan fingerprint density at radius 1 is 1.50 bits per heavy atom. The van der Waals surface area contributed by atoms with Crippen LogP contribution in [0.15, 0.2) is 24.3 Å². The molecule has 0 aromatic rings. The maximum Gasteiger partial charge on any atom is 0.170 e. The van der Waals surface area contributed by atoms with E-state index < -0.39 is 5.41 Å². The Hall–Kier alpha value is -1.18. The van der Waals surface area contributed by atoms with Gasteiger partial charge in [-0.25, -0.2) is 0 Å². The van der Waals surface area contributed by atoms with E-state index in [0.717, 1.165) is 11.9 Å². The highest BCUT2D eigenvalue weighted by molar-refractivity contribution is 6.09. The second kappa shape index (κ2) is 3.19. The van der Waals surface area contributed by atoms with E-state index in [4.69, 9.17) is 0 Å². The number of allylic oxidation sites excluding steroid dienone is 3. The van der Waals surface area contributed by atoms with Gasteiger partial charge < -0.3 is 4.79 Å². The minimum absolute atomic E-state index is 0.0881. The van der Waals surface area contributed by atoms with E-state index in [-0.39, 0.29) is 11.2 Å². The number of carbonyl (C=O) groups is 2. The predicted octanol–water partition coefficient (Wildman–Crippen LogP) is 2.30. The van der Waals surface area contributed by atoms with Crippen LogP contribution >= 0.6 is 0 Å². The lowest BCUT2D eigenvalue weighted by atomic mass is 9.64. The van der Waals surface area contributed by atoms with Gasteiger partial charge in [0.2, 0.25) is 0 Å². The van der Waals surface area contributed by atoms with Gasteiger partial charge in [0, 0.05) is 5.41 Å². The molecule has 0 spiro atoms. The maximum atomic E-state index is 11.8. The standard InChI is InChI=1S/C12H16O2/c1-5-6-12(8-13)10(14)7-9(2)11(12,3)4/h5,7-8H,1,6H2,2-4H3. The summed E-state index contributed by atoms with van der Waals surface area (Å²) in [6.07, 6.45) is 4.42. The zero-order valence-corrected chi connectivity index (χ0v) is 8.96. The number of rotatable bonds is 3. The number of hydrogen-bond donors (Lipinski definition) is 0. The summed E-state index contributed by atoms with van der Waals surface area (Å²) in [4.78, 5) is 23.0. The van der Waals surface area contributed by atoms with Crippen molar-refractivity contribution in [2.24, 2.45) is 10.8 Å². The minimum atomic E-state index is -0.918. The summed E-state index contributed by atoms with van der Waals surface area (Å²) < 4.78 is 0. The lowest BCUT2D eigenvalue weighted by molar-refractivity contribution is -0.135. The van der Waals surface area contributed by atoms with Gasteiger partial charge in [0.25, 0.3) is 0 Å². The van der Waals surface area contributed by atoms with Crippen molar-refractivity contribution in [1.29, 1.82) is 0 Å². The summed E-state index contributed by atoms with van der Waals surface area (Å²) in [5.74, 6) is -0.0881. The fourth-order valence-electron chi connectivity index (χ4n) is 2.00. The molecule has 1 rings (SSSR count). The highest BCUT2D eigenvalue weighted by Crippen LogP contribution is 2.51. The summed E-state index contributed by atoms with van der Waals surface area (Å²) in [5.41, 5.74) is -0.338. The van der Waals surface area contributed by atoms with Gasteiger partial charge in [0.1, 0.15) is 11.7 Å². The molecule has 0 fully saturated rings. The average Bonchev–Trinajstić information content (AvgIpc) is 2.27. The zero-order valence-electron chi connectivity index (χ0n) is 8.96. The Labute approximate surface area is 84.7 Å². The summed E-state index contributed by atoms with van der Waals surface area (Å²) in [5, 5.41) is 0. The quantitative estimate of drug-likeness (QED) is 0.390. The summed E-state index contributed by atoms with van der Waals surface area (Å²) >= 11 is 0. The van der Waals surface area contributed by atoms with E-state index in [1.165, 1.54) is 0 Å². The second-order valence-electron chi connectivity index (χ2n) is 4.40. The van der Waals surface area contributed by atoms with Gasteiger partial charge >= 0.3 is 0 Å². The van der Waals surface area contributed by atoms with Crippen LogP contribution in [0, 0.1) is 10.8 Å². The zero-order chi connectivity index (χ0) is 11.0. The molecule has 0 heterocycles. The summed E-state index contributed by atoms with van der Waals surface area (Å²) in [6, 6.07) is 0. The van der Waals surface area contributed by atoms with Crippen molar-refractivity contribution >= 4 is 12.1 Å². The molecule has 0 saturated carbocycles. The van der Waals surface area contributed by atoms with Crippen molar-refractivity contribution in [2.45, 2.75) is 27.2 Å². The summed E-state index contributed by atoms with van der Waals surface area (Å²) in [6.45, 7) is 9.37. The van der Waals surface area contributed by atoms with Crippen LogP contribution in [0.4, 0.5) is 0 Å². The van der Waals surface area contributed by atoms with Gasteiger partial charge in [0.15, 0.2) is 5.78 Å². The van der Waals surface area contributed by atoms with Crippen LogP contribution in [0.25, 0.3) is 0 Å². The number of hydrogen-bond acceptors (Lipinski definition) is 2. The SMILES string of the molecule is C=CCC1(C=O)C(=O)C=C(C)C1(C)C. The maximum absolute atomic E-state index is 11.8. The van der Waals surface area contributed by atoms with E-state index in [1.54, 1.807) is 12.2 Å². The Kier molecular flexibility index (Phi) is 2.49. The van der Waals surface area contributed by atoms with Gasteiger partial charge in [-0.2, -0.15) is 0 Å². The van der Waals surface area contributed by atoms with Crippen molar-refractivity contribution in [3.05, 3.63) is 24.3 Å². The molecule has 0 aromatic carbocycles. The number of ketones is 1. The Morgan fingerprint density at radius 3 is 2.36 bits per heavy atom. The first-order chi connectivity index (χ1) is 6.42. The van der Waals surface area contributed by atoms with Crippen molar-refractivity contribution < 1.29 is 9.59 Å². The third-order valence-corrected chi connectivity index (χ3v) is 3.56. The molecule has 14 heavy (non-hydrogen) atoms. The second-order valence-corrected chi connectivity index (χ2v) is 4.40. The van der Waals surface area contributed by atoms with E-state index in [1.807, 2.05) is 20.8 Å². The minimum Gasteiger partial charge on any atom is -0.302 e. The molecule has 1 atom stereocenters. The molecule has 1 aliphatic carbocycles. The smallest absolute Gasteiger partial charge is 0.170 e. The number of carbonyl (C=O) groups excluding carboxylic acids is 2. The molecular weight excluding hydrogens is 176 g/mol. The van der Waals surface area contributed by atoms with E-state index in [2.05, 4.69) is 6.58 Å². The van der Waals surface area contributed by atoms with Gasteiger partial charge in [-0.1, -0.05) is 25.5 Å². The first-order valence-electron chi connectivity index (χ1n) is 4.73. The topological polar surface area (TPSA) is 34.1 Å². The molecule has 0 amide bonds. The normalized spacial score (nSPS) is 29.9. The van der Waals surface area contributed by atoms with E-state index >= 15 is 0 Å². The van der Waals surface area contributed by atoms with Gasteiger partial charge in [-0.05, 0) is 19.4 Å². The molecule has 1 unspecified atom stereocenters. The predicted molar refractivity (Wildman–Crippen MR) is 55.9 cm³/mol.